The fourth-order valence-corrected chi connectivity index (χ4v) is 4.74. The number of amides is 1. The van der Waals surface area contributed by atoms with E-state index in [0.29, 0.717) is 52.6 Å². The smallest absolute Gasteiger partial charge is 0.416 e. The summed E-state index contributed by atoms with van der Waals surface area (Å²) < 4.78 is 49.8. The molecule has 11 heteroatoms. The van der Waals surface area contributed by atoms with E-state index in [1.165, 1.54) is 24.5 Å². The maximum absolute atomic E-state index is 13.1. The number of anilines is 1. The highest BCUT2D eigenvalue weighted by Gasteiger charge is 2.38. The number of likely N-dealkylation sites (tertiary alicyclic amines) is 1. The molecule has 202 valence electrons. The molecule has 1 N–H and O–H groups in total. The molecule has 2 aromatic heterocycles. The number of nitrogens with zero attached hydrogens (tertiary/aromatic N) is 4. The third-order valence-corrected chi connectivity index (χ3v) is 6.92. The van der Waals surface area contributed by atoms with E-state index in [-0.39, 0.29) is 17.9 Å². The van der Waals surface area contributed by atoms with E-state index in [2.05, 4.69) is 20.3 Å². The van der Waals surface area contributed by atoms with Crippen molar-refractivity contribution in [1.82, 2.24) is 19.9 Å². The maximum Gasteiger partial charge on any atom is 0.416 e. The van der Waals surface area contributed by atoms with Crippen molar-refractivity contribution in [3.05, 3.63) is 72.2 Å². The first-order chi connectivity index (χ1) is 18.7. The van der Waals surface area contributed by atoms with Crippen LogP contribution in [-0.4, -0.2) is 52.6 Å². The maximum atomic E-state index is 13.1. The van der Waals surface area contributed by atoms with Crippen LogP contribution in [0.1, 0.15) is 18.1 Å². The molecule has 5 rings (SSSR count). The van der Waals surface area contributed by atoms with Crippen molar-refractivity contribution >= 4 is 22.8 Å². The van der Waals surface area contributed by atoms with E-state index in [1.54, 1.807) is 31.4 Å². The van der Waals surface area contributed by atoms with Crippen molar-refractivity contribution in [3.63, 3.8) is 0 Å². The lowest BCUT2D eigenvalue weighted by Gasteiger charge is -2.20. The minimum Gasteiger partial charge on any atom is -0.497 e. The van der Waals surface area contributed by atoms with Crippen molar-refractivity contribution in [2.75, 3.05) is 26.1 Å². The third kappa shape index (κ3) is 5.16. The number of ether oxygens (including phenoxy) is 2. The number of hydrogen-bond acceptors (Lipinski definition) is 7. The number of halogens is 3. The van der Waals surface area contributed by atoms with Gasteiger partial charge in [-0.2, -0.15) is 13.2 Å². The molecular weight excluding hydrogens is 511 g/mol. The van der Waals surface area contributed by atoms with Gasteiger partial charge in [0, 0.05) is 48.9 Å². The van der Waals surface area contributed by atoms with Gasteiger partial charge in [-0.05, 0) is 29.8 Å². The lowest BCUT2D eigenvalue weighted by molar-refractivity contribution is -0.137. The molecule has 1 saturated heterocycles. The normalized spacial score (nSPS) is 17.5. The lowest BCUT2D eigenvalue weighted by Crippen LogP contribution is -2.28. The van der Waals surface area contributed by atoms with Gasteiger partial charge >= 0.3 is 6.18 Å². The number of benzene rings is 2. The molecule has 2 atom stereocenters. The molecule has 0 saturated carbocycles. The molecule has 39 heavy (non-hydrogen) atoms. The zero-order valence-electron chi connectivity index (χ0n) is 21.5. The molecule has 0 unspecified atom stereocenters. The second kappa shape index (κ2) is 10.4. The summed E-state index contributed by atoms with van der Waals surface area (Å²) in [6.07, 6.45) is 0.181. The molecule has 1 aliphatic rings. The van der Waals surface area contributed by atoms with Crippen molar-refractivity contribution in [2.45, 2.75) is 25.7 Å². The highest BCUT2D eigenvalue weighted by atomic mass is 19.4. The first kappa shape index (κ1) is 26.2. The fraction of sp³-hybridized carbons (Fsp3) is 0.286. The van der Waals surface area contributed by atoms with Gasteiger partial charge in [-0.1, -0.05) is 19.1 Å². The molecule has 0 radical (unpaired) electrons. The van der Waals surface area contributed by atoms with Gasteiger partial charge in [0.2, 0.25) is 5.91 Å². The number of hydrogen-bond donors (Lipinski definition) is 1. The van der Waals surface area contributed by atoms with Gasteiger partial charge in [0.25, 0.3) is 0 Å². The SMILES string of the molecule is COc1ccc(CN2C[C@@H](Nc3ncc(-c4ccc(C(F)(F)F)cc4)c4nccnc34)[C@H](C)C2=O)c(OC)c1. The van der Waals surface area contributed by atoms with E-state index in [9.17, 15) is 18.0 Å². The van der Waals surface area contributed by atoms with Gasteiger partial charge < -0.3 is 19.7 Å². The number of alkyl halides is 3. The Balaban J connectivity index is 1.39. The van der Waals surface area contributed by atoms with E-state index < -0.39 is 11.7 Å². The highest BCUT2D eigenvalue weighted by Crippen LogP contribution is 2.34. The Kier molecular flexibility index (Phi) is 6.98. The molecular formula is C28H26F3N5O3. The minimum absolute atomic E-state index is 0.0119. The number of carbonyl (C=O) groups excluding carboxylic acids is 1. The first-order valence-corrected chi connectivity index (χ1v) is 12.2. The molecule has 1 aliphatic heterocycles. The Morgan fingerprint density at radius 1 is 1.00 bits per heavy atom. The number of methoxy groups -OCH3 is 2. The number of aromatic nitrogens is 3. The topological polar surface area (TPSA) is 89.5 Å². The zero-order valence-corrected chi connectivity index (χ0v) is 21.5. The summed E-state index contributed by atoms with van der Waals surface area (Å²) in [5, 5.41) is 3.36. The van der Waals surface area contributed by atoms with Gasteiger partial charge in [-0.15, -0.1) is 0 Å². The van der Waals surface area contributed by atoms with Gasteiger partial charge in [-0.3, -0.25) is 9.78 Å². The van der Waals surface area contributed by atoms with E-state index >= 15 is 0 Å². The lowest BCUT2D eigenvalue weighted by atomic mass is 10.0. The van der Waals surface area contributed by atoms with Gasteiger partial charge in [0.1, 0.15) is 22.5 Å². The first-order valence-electron chi connectivity index (χ1n) is 12.2. The van der Waals surface area contributed by atoms with Crippen molar-refractivity contribution in [1.29, 1.82) is 0 Å². The van der Waals surface area contributed by atoms with E-state index in [1.807, 2.05) is 19.1 Å². The minimum atomic E-state index is -4.42. The Hall–Kier alpha value is -4.41. The zero-order chi connectivity index (χ0) is 27.7. The van der Waals surface area contributed by atoms with E-state index in [0.717, 1.165) is 17.7 Å². The molecule has 1 amide bonds. The molecule has 0 aliphatic carbocycles. The molecule has 3 heterocycles. The van der Waals surface area contributed by atoms with Crippen molar-refractivity contribution < 1.29 is 27.4 Å². The van der Waals surface area contributed by atoms with Crippen LogP contribution in [0.2, 0.25) is 0 Å². The summed E-state index contributed by atoms with van der Waals surface area (Å²) in [4.78, 5) is 28.3. The van der Waals surface area contributed by atoms with Crippen LogP contribution >= 0.6 is 0 Å². The summed E-state index contributed by atoms with van der Waals surface area (Å²) in [7, 11) is 3.15. The van der Waals surface area contributed by atoms with Crippen LogP contribution in [0.15, 0.2) is 61.1 Å². The standard InChI is InChI=1S/C28H26F3N5O3/c1-16-22(15-36(27(16)37)14-18-6-9-20(38-2)12-23(18)39-3)35-26-25-24(32-10-11-33-25)21(13-34-26)17-4-7-19(8-5-17)28(29,30)31/h4-13,16,22H,14-15H2,1-3H3,(H,34,35)/t16-,22+/m0/s1. The predicted octanol–water partition coefficient (Wildman–Crippen LogP) is 5.19. The van der Waals surface area contributed by atoms with Crippen molar-refractivity contribution in [3.8, 4) is 22.6 Å². The monoisotopic (exact) mass is 537 g/mol. The number of fused-ring (bicyclic) bond motifs is 1. The molecule has 1 fully saturated rings. The largest absolute Gasteiger partial charge is 0.497 e. The molecule has 0 bridgehead atoms. The molecule has 8 nitrogen and oxygen atoms in total. The Morgan fingerprint density at radius 3 is 2.38 bits per heavy atom. The summed E-state index contributed by atoms with van der Waals surface area (Å²) in [5.74, 6) is 1.39. The Morgan fingerprint density at radius 2 is 1.72 bits per heavy atom. The van der Waals surface area contributed by atoms with Crippen LogP contribution in [0.25, 0.3) is 22.2 Å². The second-order valence-electron chi connectivity index (χ2n) is 9.29. The van der Waals surface area contributed by atoms with Gasteiger partial charge in [0.15, 0.2) is 5.82 Å². The average Bonchev–Trinajstić information content (AvgIpc) is 3.20. The predicted molar refractivity (Wildman–Crippen MR) is 139 cm³/mol. The van der Waals surface area contributed by atoms with Crippen molar-refractivity contribution in [2.24, 2.45) is 5.92 Å². The Labute approximate surface area is 222 Å². The van der Waals surface area contributed by atoms with Crippen LogP contribution < -0.4 is 14.8 Å². The average molecular weight is 538 g/mol. The number of rotatable bonds is 7. The molecule has 4 aromatic rings. The number of carbonyl (C=O) groups is 1. The van der Waals surface area contributed by atoms with E-state index in [4.69, 9.17) is 9.47 Å². The fourth-order valence-electron chi connectivity index (χ4n) is 4.74. The quantitative estimate of drug-likeness (QED) is 0.347. The Bertz CT molecular complexity index is 1510. The summed E-state index contributed by atoms with van der Waals surface area (Å²) in [6, 6.07) is 10.1. The number of nitrogens with one attached hydrogen (secondary N) is 1. The number of pyridine rings is 1. The van der Waals surface area contributed by atoms with Crippen LogP contribution in [0.4, 0.5) is 19.0 Å². The summed E-state index contributed by atoms with van der Waals surface area (Å²) >= 11 is 0. The summed E-state index contributed by atoms with van der Waals surface area (Å²) in [5.41, 5.74) is 2.17. The molecule has 2 aromatic carbocycles. The van der Waals surface area contributed by atoms with Gasteiger partial charge in [-0.25, -0.2) is 9.97 Å². The highest BCUT2D eigenvalue weighted by molar-refractivity contribution is 5.96. The van der Waals surface area contributed by atoms with Crippen LogP contribution in [-0.2, 0) is 17.5 Å². The second-order valence-corrected chi connectivity index (χ2v) is 9.29. The third-order valence-electron chi connectivity index (χ3n) is 6.92. The molecule has 0 spiro atoms. The summed E-state index contributed by atoms with van der Waals surface area (Å²) in [6.45, 7) is 2.66. The van der Waals surface area contributed by atoms with Crippen LogP contribution in [0, 0.1) is 5.92 Å². The van der Waals surface area contributed by atoms with Crippen LogP contribution in [0.3, 0.4) is 0 Å². The van der Waals surface area contributed by atoms with Crippen LogP contribution in [0.5, 0.6) is 11.5 Å². The van der Waals surface area contributed by atoms with Gasteiger partial charge in [0.05, 0.1) is 31.7 Å².